The van der Waals surface area contributed by atoms with Crippen LogP contribution in [-0.4, -0.2) is 46.5 Å². The monoisotopic (exact) mass is 288 g/mol. The number of carbonyl (C=O) groups is 1. The molecule has 5 heteroatoms. The highest BCUT2D eigenvalue weighted by molar-refractivity contribution is 5.92. The summed E-state index contributed by atoms with van der Waals surface area (Å²) in [5.74, 6) is 0.785. The highest BCUT2D eigenvalue weighted by atomic mass is 16.2. The summed E-state index contributed by atoms with van der Waals surface area (Å²) in [4.78, 5) is 25.8. The van der Waals surface area contributed by atoms with E-state index in [2.05, 4.69) is 21.8 Å². The molecule has 5 nitrogen and oxygen atoms in total. The number of aromatic nitrogens is 2. The number of hydrogen-bond donors (Lipinski definition) is 0. The molecule has 3 rings (SSSR count). The van der Waals surface area contributed by atoms with Gasteiger partial charge in [0.05, 0.1) is 0 Å². The summed E-state index contributed by atoms with van der Waals surface area (Å²) in [7, 11) is 0. The summed E-state index contributed by atoms with van der Waals surface area (Å²) in [5.41, 5.74) is 0.548. The van der Waals surface area contributed by atoms with Gasteiger partial charge in [-0.1, -0.05) is 6.92 Å². The average molecular weight is 288 g/mol. The van der Waals surface area contributed by atoms with Crippen molar-refractivity contribution in [2.45, 2.75) is 51.5 Å². The zero-order valence-corrected chi connectivity index (χ0v) is 12.8. The predicted molar refractivity (Wildman–Crippen MR) is 82.4 cm³/mol. The second-order valence-corrected chi connectivity index (χ2v) is 5.99. The molecule has 1 aromatic heterocycles. The second kappa shape index (κ2) is 6.41. The average Bonchev–Trinajstić information content (AvgIpc) is 3.09. The molecule has 1 amide bonds. The highest BCUT2D eigenvalue weighted by Crippen LogP contribution is 2.22. The highest BCUT2D eigenvalue weighted by Gasteiger charge is 2.27. The molecule has 0 aromatic carbocycles. The van der Waals surface area contributed by atoms with Gasteiger partial charge in [0.2, 0.25) is 5.95 Å². The van der Waals surface area contributed by atoms with Crippen LogP contribution in [0.25, 0.3) is 0 Å². The van der Waals surface area contributed by atoms with Crippen molar-refractivity contribution in [2.75, 3.05) is 24.5 Å². The van der Waals surface area contributed by atoms with Crippen LogP contribution < -0.4 is 4.90 Å². The molecule has 2 saturated heterocycles. The molecule has 0 saturated carbocycles. The Kier molecular flexibility index (Phi) is 4.36. The maximum Gasteiger partial charge on any atom is 0.272 e. The van der Waals surface area contributed by atoms with E-state index >= 15 is 0 Å². The number of likely N-dealkylation sites (tertiary alicyclic amines) is 1. The van der Waals surface area contributed by atoms with Crippen LogP contribution in [0.3, 0.4) is 0 Å². The molecule has 3 heterocycles. The fraction of sp³-hybridized carbons (Fsp3) is 0.688. The molecular formula is C16H24N4O. The van der Waals surface area contributed by atoms with Crippen molar-refractivity contribution in [3.63, 3.8) is 0 Å². The maximum absolute atomic E-state index is 12.8. The number of piperidine rings is 1. The van der Waals surface area contributed by atoms with Crippen LogP contribution in [-0.2, 0) is 0 Å². The Bertz CT molecular complexity index is 499. The molecule has 114 valence electrons. The van der Waals surface area contributed by atoms with Gasteiger partial charge in [0.15, 0.2) is 0 Å². The molecular weight excluding hydrogens is 264 g/mol. The Balaban J connectivity index is 1.78. The fourth-order valence-corrected chi connectivity index (χ4v) is 3.38. The molecule has 1 unspecified atom stereocenters. The minimum Gasteiger partial charge on any atom is -0.341 e. The van der Waals surface area contributed by atoms with E-state index in [1.165, 1.54) is 19.3 Å². The summed E-state index contributed by atoms with van der Waals surface area (Å²) < 4.78 is 0. The number of rotatable bonds is 3. The lowest BCUT2D eigenvalue weighted by Gasteiger charge is -2.35. The minimum absolute atomic E-state index is 0.0735. The van der Waals surface area contributed by atoms with Gasteiger partial charge in [-0.3, -0.25) is 4.79 Å². The van der Waals surface area contributed by atoms with Gasteiger partial charge in [0.1, 0.15) is 5.69 Å². The minimum atomic E-state index is 0.0735. The Morgan fingerprint density at radius 3 is 2.76 bits per heavy atom. The first-order chi connectivity index (χ1) is 10.3. The Morgan fingerprint density at radius 2 is 2.00 bits per heavy atom. The molecule has 2 aliphatic heterocycles. The Morgan fingerprint density at radius 1 is 1.24 bits per heavy atom. The van der Waals surface area contributed by atoms with Crippen LogP contribution in [0, 0.1) is 0 Å². The predicted octanol–water partition coefficient (Wildman–Crippen LogP) is 2.48. The van der Waals surface area contributed by atoms with Crippen molar-refractivity contribution < 1.29 is 4.79 Å². The smallest absolute Gasteiger partial charge is 0.272 e. The summed E-state index contributed by atoms with van der Waals surface area (Å²) >= 11 is 0. The topological polar surface area (TPSA) is 49.3 Å². The number of amides is 1. The van der Waals surface area contributed by atoms with E-state index in [0.717, 1.165) is 38.9 Å². The van der Waals surface area contributed by atoms with Gasteiger partial charge in [-0.05, 0) is 44.6 Å². The summed E-state index contributed by atoms with van der Waals surface area (Å²) in [6.07, 6.45) is 8.56. The lowest BCUT2D eigenvalue weighted by Crippen LogP contribution is -2.43. The van der Waals surface area contributed by atoms with Gasteiger partial charge in [-0.15, -0.1) is 0 Å². The van der Waals surface area contributed by atoms with Gasteiger partial charge in [-0.25, -0.2) is 9.97 Å². The number of nitrogens with zero attached hydrogens (tertiary/aromatic N) is 4. The molecule has 1 aromatic rings. The SMILES string of the molecule is CCC1CCCCN1C(=O)c1ccnc(N2CCCC2)n1. The Hall–Kier alpha value is -1.65. The normalized spacial score (nSPS) is 22.6. The Labute approximate surface area is 126 Å². The first-order valence-electron chi connectivity index (χ1n) is 8.18. The van der Waals surface area contributed by atoms with Crippen LogP contribution in [0.15, 0.2) is 12.3 Å². The van der Waals surface area contributed by atoms with E-state index in [4.69, 9.17) is 0 Å². The molecule has 0 aliphatic carbocycles. The van der Waals surface area contributed by atoms with Crippen LogP contribution in [0.1, 0.15) is 55.9 Å². The maximum atomic E-state index is 12.8. The van der Waals surface area contributed by atoms with Crippen molar-refractivity contribution in [1.82, 2.24) is 14.9 Å². The van der Waals surface area contributed by atoms with Crippen molar-refractivity contribution >= 4 is 11.9 Å². The molecule has 0 bridgehead atoms. The van der Waals surface area contributed by atoms with E-state index < -0.39 is 0 Å². The number of carbonyl (C=O) groups excluding carboxylic acids is 1. The quantitative estimate of drug-likeness (QED) is 0.857. The van der Waals surface area contributed by atoms with Gasteiger partial charge in [0, 0.05) is 31.9 Å². The van der Waals surface area contributed by atoms with E-state index in [0.29, 0.717) is 17.7 Å². The molecule has 0 spiro atoms. The third kappa shape index (κ3) is 3.01. The molecule has 21 heavy (non-hydrogen) atoms. The van der Waals surface area contributed by atoms with Crippen molar-refractivity contribution in [2.24, 2.45) is 0 Å². The summed E-state index contributed by atoms with van der Waals surface area (Å²) in [5, 5.41) is 0. The van der Waals surface area contributed by atoms with Gasteiger partial charge >= 0.3 is 0 Å². The molecule has 2 aliphatic rings. The molecule has 0 N–H and O–H groups in total. The van der Waals surface area contributed by atoms with Crippen LogP contribution >= 0.6 is 0 Å². The zero-order chi connectivity index (χ0) is 14.7. The van der Waals surface area contributed by atoms with Crippen molar-refractivity contribution in [3.05, 3.63) is 18.0 Å². The first-order valence-corrected chi connectivity index (χ1v) is 8.18. The van der Waals surface area contributed by atoms with Gasteiger partial charge < -0.3 is 9.80 Å². The third-order valence-corrected chi connectivity index (χ3v) is 4.61. The van der Waals surface area contributed by atoms with E-state index in [-0.39, 0.29) is 5.91 Å². The number of hydrogen-bond acceptors (Lipinski definition) is 4. The van der Waals surface area contributed by atoms with Gasteiger partial charge in [-0.2, -0.15) is 0 Å². The second-order valence-electron chi connectivity index (χ2n) is 5.99. The van der Waals surface area contributed by atoms with E-state index in [1.54, 1.807) is 12.3 Å². The zero-order valence-electron chi connectivity index (χ0n) is 12.8. The first kappa shape index (κ1) is 14.3. The van der Waals surface area contributed by atoms with E-state index in [9.17, 15) is 4.79 Å². The van der Waals surface area contributed by atoms with Crippen LogP contribution in [0.5, 0.6) is 0 Å². The lowest BCUT2D eigenvalue weighted by atomic mass is 9.99. The van der Waals surface area contributed by atoms with Crippen molar-refractivity contribution in [3.8, 4) is 0 Å². The third-order valence-electron chi connectivity index (χ3n) is 4.61. The van der Waals surface area contributed by atoms with Crippen molar-refractivity contribution in [1.29, 1.82) is 0 Å². The summed E-state index contributed by atoms with van der Waals surface area (Å²) in [6, 6.07) is 2.12. The van der Waals surface area contributed by atoms with Crippen LogP contribution in [0.2, 0.25) is 0 Å². The van der Waals surface area contributed by atoms with Crippen LogP contribution in [0.4, 0.5) is 5.95 Å². The van der Waals surface area contributed by atoms with Gasteiger partial charge in [0.25, 0.3) is 5.91 Å². The number of anilines is 1. The largest absolute Gasteiger partial charge is 0.341 e. The van der Waals surface area contributed by atoms with E-state index in [1.807, 2.05) is 4.90 Å². The fourth-order valence-electron chi connectivity index (χ4n) is 3.38. The molecule has 2 fully saturated rings. The summed E-state index contributed by atoms with van der Waals surface area (Å²) in [6.45, 7) is 5.02. The standard InChI is InChI=1S/C16H24N4O/c1-2-13-7-3-4-12-20(13)15(21)14-8-9-17-16(18-14)19-10-5-6-11-19/h8-9,13H,2-7,10-12H2,1H3. The molecule has 1 atom stereocenters. The lowest BCUT2D eigenvalue weighted by molar-refractivity contribution is 0.0602. The molecule has 0 radical (unpaired) electrons.